The summed E-state index contributed by atoms with van der Waals surface area (Å²) in [5, 5.41) is 21.8. The highest BCUT2D eigenvalue weighted by Gasteiger charge is 2.41. The molecule has 0 aromatic heterocycles. The number of aromatic hydroxyl groups is 2. The van der Waals surface area contributed by atoms with E-state index in [9.17, 15) is 32.6 Å². The van der Waals surface area contributed by atoms with Gasteiger partial charge >= 0.3 is 12.0 Å². The first-order valence-electron chi connectivity index (χ1n) is 9.17. The molecule has 2 atom stereocenters. The highest BCUT2D eigenvalue weighted by molar-refractivity contribution is 7.92. The van der Waals surface area contributed by atoms with Crippen molar-refractivity contribution in [3.8, 4) is 11.5 Å². The summed E-state index contributed by atoms with van der Waals surface area (Å²) >= 11 is 0. The molecule has 2 aromatic carbocycles. The third kappa shape index (κ3) is 4.82. The highest BCUT2D eigenvalue weighted by Crippen LogP contribution is 2.34. The minimum atomic E-state index is -4.08. The average Bonchev–Trinajstić information content (AvgIpc) is 2.69. The Morgan fingerprint density at radius 1 is 1.16 bits per heavy atom. The standard InChI is InChI=1S/C20H19FN2O7S/c1-2-30-19(26)17-14(10-31(28,29)13-6-4-12(21)5-7-13)22-20(27)23-18(17)11-3-8-15(24)16(25)9-11/h3-9,17-18,24-25H,2,10H2,1H3,(H,23,27). The summed E-state index contributed by atoms with van der Waals surface area (Å²) in [5.41, 5.74) is -0.0302. The number of amides is 2. The predicted octanol–water partition coefficient (Wildman–Crippen LogP) is 2.10. The molecule has 2 unspecified atom stereocenters. The van der Waals surface area contributed by atoms with Crippen LogP contribution in [-0.2, 0) is 19.4 Å². The van der Waals surface area contributed by atoms with E-state index in [1.54, 1.807) is 6.92 Å². The van der Waals surface area contributed by atoms with Crippen molar-refractivity contribution < 1.29 is 37.3 Å². The smallest absolute Gasteiger partial charge is 0.341 e. The molecule has 0 saturated carbocycles. The number of hydrogen-bond acceptors (Lipinski definition) is 7. The Labute approximate surface area is 177 Å². The Bertz CT molecular complexity index is 1150. The lowest BCUT2D eigenvalue weighted by Gasteiger charge is -2.31. The zero-order valence-electron chi connectivity index (χ0n) is 16.3. The third-order valence-electron chi connectivity index (χ3n) is 4.63. The normalized spacial score (nSPS) is 18.8. The van der Waals surface area contributed by atoms with Crippen molar-refractivity contribution >= 4 is 27.5 Å². The molecular weight excluding hydrogens is 431 g/mol. The number of halogens is 1. The zero-order chi connectivity index (χ0) is 22.8. The van der Waals surface area contributed by atoms with Gasteiger partial charge in [0.25, 0.3) is 0 Å². The fourth-order valence-electron chi connectivity index (χ4n) is 3.20. The SMILES string of the molecule is CCOC(=O)C1C(CS(=O)(=O)c2ccc(F)cc2)=NC(=O)NC1c1ccc(O)c(O)c1. The summed E-state index contributed by atoms with van der Waals surface area (Å²) in [4.78, 5) is 28.4. The predicted molar refractivity (Wildman–Crippen MR) is 107 cm³/mol. The fraction of sp³-hybridized carbons (Fsp3) is 0.250. The summed E-state index contributed by atoms with van der Waals surface area (Å²) in [7, 11) is -4.08. The Kier molecular flexibility index (Phi) is 6.25. The number of phenols is 2. The second-order valence-electron chi connectivity index (χ2n) is 6.72. The van der Waals surface area contributed by atoms with Crippen molar-refractivity contribution in [1.82, 2.24) is 5.32 Å². The molecule has 3 rings (SSSR count). The van der Waals surface area contributed by atoms with Crippen molar-refractivity contribution in [2.45, 2.75) is 17.9 Å². The van der Waals surface area contributed by atoms with Crippen molar-refractivity contribution in [2.75, 3.05) is 12.4 Å². The van der Waals surface area contributed by atoms with Crippen LogP contribution in [0.4, 0.5) is 9.18 Å². The van der Waals surface area contributed by atoms with E-state index in [1.165, 1.54) is 12.1 Å². The van der Waals surface area contributed by atoms with E-state index >= 15 is 0 Å². The first-order chi connectivity index (χ1) is 14.6. The summed E-state index contributed by atoms with van der Waals surface area (Å²) in [6, 6.07) is 5.79. The minimum absolute atomic E-state index is 0.00514. The minimum Gasteiger partial charge on any atom is -0.504 e. The molecule has 0 saturated heterocycles. The van der Waals surface area contributed by atoms with Crippen LogP contribution < -0.4 is 5.32 Å². The number of sulfone groups is 1. The molecule has 11 heteroatoms. The lowest BCUT2D eigenvalue weighted by atomic mass is 9.88. The molecule has 31 heavy (non-hydrogen) atoms. The number of carbonyl (C=O) groups excluding carboxylic acids is 2. The van der Waals surface area contributed by atoms with Crippen molar-refractivity contribution in [3.63, 3.8) is 0 Å². The fourth-order valence-corrected chi connectivity index (χ4v) is 4.55. The van der Waals surface area contributed by atoms with E-state index in [1.807, 2.05) is 0 Å². The summed E-state index contributed by atoms with van der Waals surface area (Å²) in [5.74, 6) is -4.44. The Balaban J connectivity index is 2.03. The molecular formula is C20H19FN2O7S. The highest BCUT2D eigenvalue weighted by atomic mass is 32.2. The van der Waals surface area contributed by atoms with Gasteiger partial charge in [0.1, 0.15) is 11.7 Å². The molecule has 0 bridgehead atoms. The molecule has 1 aliphatic heterocycles. The second kappa shape index (κ2) is 8.72. The van der Waals surface area contributed by atoms with Crippen LogP contribution in [0.25, 0.3) is 0 Å². The van der Waals surface area contributed by atoms with Gasteiger partial charge in [-0.15, -0.1) is 0 Å². The van der Waals surface area contributed by atoms with E-state index in [-0.39, 0.29) is 22.8 Å². The van der Waals surface area contributed by atoms with Crippen LogP contribution in [0.2, 0.25) is 0 Å². The van der Waals surface area contributed by atoms with Crippen molar-refractivity contribution in [3.05, 3.63) is 53.8 Å². The number of hydrogen-bond donors (Lipinski definition) is 3. The molecule has 0 aliphatic carbocycles. The molecule has 2 aromatic rings. The number of ether oxygens (including phenoxy) is 1. The number of nitrogens with one attached hydrogen (secondary N) is 1. The topological polar surface area (TPSA) is 142 Å². The second-order valence-corrected chi connectivity index (χ2v) is 8.71. The maximum absolute atomic E-state index is 13.2. The van der Waals surface area contributed by atoms with Crippen LogP contribution in [-0.4, -0.2) is 48.7 Å². The van der Waals surface area contributed by atoms with Gasteiger partial charge in [-0.2, -0.15) is 0 Å². The number of phenolic OH excluding ortho intramolecular Hbond substituents is 2. The van der Waals surface area contributed by atoms with Gasteiger partial charge in [0, 0.05) is 0 Å². The molecule has 0 spiro atoms. The van der Waals surface area contributed by atoms with Gasteiger partial charge in [-0.25, -0.2) is 22.6 Å². The molecule has 0 fully saturated rings. The quantitative estimate of drug-likeness (QED) is 0.347. The van der Waals surface area contributed by atoms with E-state index in [4.69, 9.17) is 4.74 Å². The van der Waals surface area contributed by atoms with Gasteiger partial charge in [0.05, 0.1) is 29.0 Å². The van der Waals surface area contributed by atoms with Crippen LogP contribution in [0.15, 0.2) is 52.4 Å². The van der Waals surface area contributed by atoms with Gasteiger partial charge in [-0.3, -0.25) is 4.79 Å². The largest absolute Gasteiger partial charge is 0.504 e. The Morgan fingerprint density at radius 2 is 1.84 bits per heavy atom. The van der Waals surface area contributed by atoms with Crippen LogP contribution in [0, 0.1) is 11.7 Å². The van der Waals surface area contributed by atoms with Gasteiger partial charge in [-0.05, 0) is 48.9 Å². The molecule has 164 valence electrons. The van der Waals surface area contributed by atoms with Gasteiger partial charge < -0.3 is 20.3 Å². The molecule has 1 aliphatic rings. The lowest BCUT2D eigenvalue weighted by Crippen LogP contribution is -2.47. The van der Waals surface area contributed by atoms with Crippen LogP contribution >= 0.6 is 0 Å². The molecule has 1 heterocycles. The zero-order valence-corrected chi connectivity index (χ0v) is 17.1. The molecule has 2 amide bonds. The summed E-state index contributed by atoms with van der Waals surface area (Å²) in [6.45, 7) is 1.56. The number of urea groups is 1. The van der Waals surface area contributed by atoms with Crippen molar-refractivity contribution in [1.29, 1.82) is 0 Å². The molecule has 0 radical (unpaired) electrons. The Morgan fingerprint density at radius 3 is 2.45 bits per heavy atom. The van der Waals surface area contributed by atoms with Crippen LogP contribution in [0.1, 0.15) is 18.5 Å². The number of carbonyl (C=O) groups is 2. The number of benzene rings is 2. The number of esters is 1. The van der Waals surface area contributed by atoms with Gasteiger partial charge in [0.15, 0.2) is 21.3 Å². The van der Waals surface area contributed by atoms with E-state index < -0.39 is 56.9 Å². The number of aliphatic imine (C=N–C) groups is 1. The van der Waals surface area contributed by atoms with Gasteiger partial charge in [-0.1, -0.05) is 6.07 Å². The maximum atomic E-state index is 13.2. The van der Waals surface area contributed by atoms with E-state index in [0.717, 1.165) is 30.3 Å². The average molecular weight is 450 g/mol. The van der Waals surface area contributed by atoms with E-state index in [2.05, 4.69) is 10.3 Å². The molecule has 3 N–H and O–H groups in total. The summed E-state index contributed by atoms with van der Waals surface area (Å²) < 4.78 is 43.9. The number of nitrogens with zero attached hydrogens (tertiary/aromatic N) is 1. The van der Waals surface area contributed by atoms with Crippen LogP contribution in [0.3, 0.4) is 0 Å². The van der Waals surface area contributed by atoms with Gasteiger partial charge in [0.2, 0.25) is 0 Å². The first kappa shape index (κ1) is 22.2. The lowest BCUT2D eigenvalue weighted by molar-refractivity contribution is -0.146. The summed E-state index contributed by atoms with van der Waals surface area (Å²) in [6.07, 6.45) is 0. The Hall–Kier alpha value is -3.47. The van der Waals surface area contributed by atoms with Crippen molar-refractivity contribution in [2.24, 2.45) is 10.9 Å². The first-order valence-corrected chi connectivity index (χ1v) is 10.8. The van der Waals surface area contributed by atoms with E-state index in [0.29, 0.717) is 0 Å². The van der Waals surface area contributed by atoms with Crippen LogP contribution in [0.5, 0.6) is 11.5 Å². The number of rotatable bonds is 6. The third-order valence-corrected chi connectivity index (χ3v) is 6.29. The monoisotopic (exact) mass is 450 g/mol. The molecule has 9 nitrogen and oxygen atoms in total. The maximum Gasteiger partial charge on any atom is 0.341 e.